The van der Waals surface area contributed by atoms with Gasteiger partial charge in [0.25, 0.3) is 0 Å². The maximum atomic E-state index is 13.4. The molecule has 1 saturated carbocycles. The minimum absolute atomic E-state index is 0.300. The molecule has 0 amide bonds. The number of hydrogen-bond acceptors (Lipinski definition) is 2. The Bertz CT molecular complexity index is 386. The van der Waals surface area contributed by atoms with E-state index < -0.39 is 0 Å². The first kappa shape index (κ1) is 12.4. The molecule has 94 valence electrons. The molecule has 1 aliphatic carbocycles. The molecule has 1 fully saturated rings. The zero-order valence-corrected chi connectivity index (χ0v) is 10.6. The van der Waals surface area contributed by atoms with E-state index >= 15 is 0 Å². The van der Waals surface area contributed by atoms with Crippen molar-refractivity contribution in [3.05, 3.63) is 29.6 Å². The van der Waals surface area contributed by atoms with E-state index in [1.54, 1.807) is 6.07 Å². The Morgan fingerprint density at radius 2 is 2.12 bits per heavy atom. The van der Waals surface area contributed by atoms with Gasteiger partial charge >= 0.3 is 0 Å². The number of para-hydroxylation sites is 1. The van der Waals surface area contributed by atoms with Gasteiger partial charge in [-0.15, -0.1) is 0 Å². The van der Waals surface area contributed by atoms with Gasteiger partial charge in [0.2, 0.25) is 0 Å². The molecule has 0 aliphatic heterocycles. The number of nitrogens with two attached hydrogens (primary N) is 1. The number of benzene rings is 1. The first-order chi connectivity index (χ1) is 8.08. The summed E-state index contributed by atoms with van der Waals surface area (Å²) in [6.07, 6.45) is 2.67. The van der Waals surface area contributed by atoms with Crippen LogP contribution < -0.4 is 5.73 Å². The van der Waals surface area contributed by atoms with Crippen molar-refractivity contribution in [2.45, 2.75) is 39.3 Å². The molecular weight excluding hydrogens is 215 g/mol. The van der Waals surface area contributed by atoms with Crippen molar-refractivity contribution in [1.29, 1.82) is 0 Å². The summed E-state index contributed by atoms with van der Waals surface area (Å²) in [7, 11) is 0. The summed E-state index contributed by atoms with van der Waals surface area (Å²) in [5, 5.41) is 0. The van der Waals surface area contributed by atoms with E-state index in [0.717, 1.165) is 24.6 Å². The third-order valence-electron chi connectivity index (χ3n) is 3.44. The molecule has 0 saturated heterocycles. The van der Waals surface area contributed by atoms with Crippen LogP contribution in [0, 0.1) is 11.7 Å². The molecule has 2 nitrogen and oxygen atoms in total. The van der Waals surface area contributed by atoms with Crippen molar-refractivity contribution in [2.75, 3.05) is 12.3 Å². The number of hydrogen-bond donors (Lipinski definition) is 1. The fourth-order valence-corrected chi connectivity index (χ4v) is 2.03. The zero-order valence-electron chi connectivity index (χ0n) is 10.6. The van der Waals surface area contributed by atoms with Gasteiger partial charge in [0, 0.05) is 19.1 Å². The molecule has 2 N–H and O–H groups in total. The predicted octanol–water partition coefficient (Wildman–Crippen LogP) is 3.03. The summed E-state index contributed by atoms with van der Waals surface area (Å²) in [5.41, 5.74) is 6.98. The Morgan fingerprint density at radius 3 is 2.71 bits per heavy atom. The van der Waals surface area contributed by atoms with Crippen LogP contribution in [0.4, 0.5) is 10.1 Å². The summed E-state index contributed by atoms with van der Waals surface area (Å²) >= 11 is 0. The smallest absolute Gasteiger partial charge is 0.146 e. The van der Waals surface area contributed by atoms with Crippen LogP contribution in [-0.2, 0) is 6.54 Å². The van der Waals surface area contributed by atoms with Gasteiger partial charge < -0.3 is 5.73 Å². The monoisotopic (exact) mass is 236 g/mol. The van der Waals surface area contributed by atoms with Crippen molar-refractivity contribution in [1.82, 2.24) is 4.90 Å². The van der Waals surface area contributed by atoms with Crippen LogP contribution in [0.5, 0.6) is 0 Å². The molecule has 17 heavy (non-hydrogen) atoms. The third-order valence-corrected chi connectivity index (χ3v) is 3.44. The summed E-state index contributed by atoms with van der Waals surface area (Å²) < 4.78 is 13.4. The summed E-state index contributed by atoms with van der Waals surface area (Å²) in [6.45, 7) is 6.21. The lowest BCUT2D eigenvalue weighted by Crippen LogP contribution is -2.32. The van der Waals surface area contributed by atoms with Gasteiger partial charge in [0.15, 0.2) is 0 Å². The fraction of sp³-hybridized carbons (Fsp3) is 0.571. The Morgan fingerprint density at radius 1 is 1.41 bits per heavy atom. The zero-order chi connectivity index (χ0) is 12.4. The number of nitrogen functional groups attached to an aromatic ring is 1. The van der Waals surface area contributed by atoms with Crippen molar-refractivity contribution < 1.29 is 4.39 Å². The quantitative estimate of drug-likeness (QED) is 0.796. The van der Waals surface area contributed by atoms with Crippen LogP contribution in [0.15, 0.2) is 18.2 Å². The largest absolute Gasteiger partial charge is 0.396 e. The lowest BCUT2D eigenvalue weighted by atomic mass is 10.1. The molecule has 2 rings (SSSR count). The maximum Gasteiger partial charge on any atom is 0.146 e. The number of anilines is 1. The maximum absolute atomic E-state index is 13.4. The molecule has 0 unspecified atom stereocenters. The second kappa shape index (κ2) is 5.05. The molecule has 1 aromatic rings. The van der Waals surface area contributed by atoms with Crippen LogP contribution >= 0.6 is 0 Å². The van der Waals surface area contributed by atoms with E-state index in [0.29, 0.717) is 11.7 Å². The Balaban J connectivity index is 2.07. The van der Waals surface area contributed by atoms with Gasteiger partial charge in [-0.2, -0.15) is 0 Å². The van der Waals surface area contributed by atoms with Gasteiger partial charge in [0.1, 0.15) is 5.82 Å². The van der Waals surface area contributed by atoms with E-state index in [9.17, 15) is 4.39 Å². The molecule has 0 radical (unpaired) electrons. The third kappa shape index (κ3) is 3.19. The normalized spacial score (nSPS) is 15.8. The number of rotatable bonds is 5. The van der Waals surface area contributed by atoms with Crippen molar-refractivity contribution in [3.8, 4) is 0 Å². The number of halogens is 1. The molecule has 0 atom stereocenters. The minimum Gasteiger partial charge on any atom is -0.396 e. The fourth-order valence-electron chi connectivity index (χ4n) is 2.03. The van der Waals surface area contributed by atoms with Crippen molar-refractivity contribution in [3.63, 3.8) is 0 Å². The summed E-state index contributed by atoms with van der Waals surface area (Å²) in [5.74, 6) is 0.532. The summed E-state index contributed by atoms with van der Waals surface area (Å²) in [4.78, 5) is 2.38. The lowest BCUT2D eigenvalue weighted by molar-refractivity contribution is 0.204. The molecular formula is C14H21FN2. The van der Waals surface area contributed by atoms with Gasteiger partial charge in [0.05, 0.1) is 5.69 Å². The topological polar surface area (TPSA) is 29.3 Å². The average Bonchev–Trinajstić information content (AvgIpc) is 3.07. The molecule has 3 heteroatoms. The Hall–Kier alpha value is -1.09. The Kier molecular flexibility index (Phi) is 3.67. The summed E-state index contributed by atoms with van der Waals surface area (Å²) in [6, 6.07) is 5.54. The van der Waals surface area contributed by atoms with E-state index in [2.05, 4.69) is 18.7 Å². The van der Waals surface area contributed by atoms with Crippen LogP contribution in [-0.4, -0.2) is 17.5 Å². The predicted molar refractivity (Wildman–Crippen MR) is 69.1 cm³/mol. The molecule has 1 aromatic carbocycles. The average molecular weight is 236 g/mol. The lowest BCUT2D eigenvalue weighted by Gasteiger charge is -2.27. The van der Waals surface area contributed by atoms with Crippen LogP contribution in [0.1, 0.15) is 32.3 Å². The van der Waals surface area contributed by atoms with Crippen molar-refractivity contribution in [2.24, 2.45) is 5.92 Å². The highest BCUT2D eigenvalue weighted by Crippen LogP contribution is 2.31. The van der Waals surface area contributed by atoms with Crippen molar-refractivity contribution >= 4 is 5.69 Å². The molecule has 1 aliphatic rings. The first-order valence-corrected chi connectivity index (χ1v) is 6.35. The minimum atomic E-state index is -0.308. The van der Waals surface area contributed by atoms with Crippen LogP contribution in [0.3, 0.4) is 0 Å². The second-order valence-electron chi connectivity index (χ2n) is 5.28. The van der Waals surface area contributed by atoms with E-state index in [1.165, 1.54) is 18.9 Å². The van der Waals surface area contributed by atoms with Crippen LogP contribution in [0.25, 0.3) is 0 Å². The van der Waals surface area contributed by atoms with Gasteiger partial charge in [-0.25, -0.2) is 4.39 Å². The molecule has 0 aromatic heterocycles. The highest BCUT2D eigenvalue weighted by atomic mass is 19.1. The van der Waals surface area contributed by atoms with Crippen LogP contribution in [0.2, 0.25) is 0 Å². The molecule has 0 heterocycles. The second-order valence-corrected chi connectivity index (χ2v) is 5.28. The standard InChI is InChI=1S/C14H21FN2/c1-10(2)17(8-11-6-7-11)9-12-4-3-5-13(15)14(12)16/h3-5,10-11H,6-9,16H2,1-2H3. The number of nitrogens with zero attached hydrogens (tertiary/aromatic N) is 1. The molecule has 0 spiro atoms. The Labute approximate surface area is 103 Å². The van der Waals surface area contributed by atoms with E-state index in [-0.39, 0.29) is 5.82 Å². The highest BCUT2D eigenvalue weighted by Gasteiger charge is 2.25. The van der Waals surface area contributed by atoms with E-state index in [1.807, 2.05) is 6.07 Å². The van der Waals surface area contributed by atoms with Gasteiger partial charge in [-0.05, 0) is 44.2 Å². The highest BCUT2D eigenvalue weighted by molar-refractivity contribution is 5.47. The SMILES string of the molecule is CC(C)N(Cc1cccc(F)c1N)CC1CC1. The first-order valence-electron chi connectivity index (χ1n) is 6.35. The molecule has 0 bridgehead atoms. The van der Waals surface area contributed by atoms with Gasteiger partial charge in [-0.1, -0.05) is 12.1 Å². The van der Waals surface area contributed by atoms with Gasteiger partial charge in [-0.3, -0.25) is 4.90 Å². The van der Waals surface area contributed by atoms with E-state index in [4.69, 9.17) is 5.73 Å².